The van der Waals surface area contributed by atoms with Crippen molar-refractivity contribution in [1.29, 1.82) is 0 Å². The van der Waals surface area contributed by atoms with E-state index in [4.69, 9.17) is 11.6 Å². The van der Waals surface area contributed by atoms with Crippen molar-refractivity contribution in [2.24, 2.45) is 5.10 Å². The molecule has 24 heavy (non-hydrogen) atoms. The number of hydrogen-bond donors (Lipinski definition) is 2. The number of sulfonamides is 1. The van der Waals surface area contributed by atoms with Crippen LogP contribution in [0.25, 0.3) is 0 Å². The monoisotopic (exact) mass is 369 g/mol. The van der Waals surface area contributed by atoms with Crippen LogP contribution in [0.3, 0.4) is 0 Å². The van der Waals surface area contributed by atoms with Gasteiger partial charge in [0.25, 0.3) is 5.91 Å². The SMILES string of the molecule is O=C(CNS(=O)(=O)c1ccccc1)NN=Cc1c(F)cccc1Cl. The van der Waals surface area contributed by atoms with Crippen molar-refractivity contribution in [3.63, 3.8) is 0 Å². The Morgan fingerprint density at radius 2 is 1.88 bits per heavy atom. The predicted octanol–water partition coefficient (Wildman–Crippen LogP) is 1.91. The van der Waals surface area contributed by atoms with Crippen molar-refractivity contribution in [3.05, 3.63) is 64.9 Å². The number of carbonyl (C=O) groups is 1. The lowest BCUT2D eigenvalue weighted by Crippen LogP contribution is -2.34. The van der Waals surface area contributed by atoms with Crippen molar-refractivity contribution in [1.82, 2.24) is 10.1 Å². The van der Waals surface area contributed by atoms with Crippen molar-refractivity contribution >= 4 is 33.7 Å². The number of benzene rings is 2. The van der Waals surface area contributed by atoms with E-state index in [0.717, 1.165) is 6.21 Å². The second-order valence-electron chi connectivity index (χ2n) is 4.57. The Morgan fingerprint density at radius 3 is 2.54 bits per heavy atom. The molecule has 0 saturated carbocycles. The van der Waals surface area contributed by atoms with Gasteiger partial charge >= 0.3 is 0 Å². The zero-order chi connectivity index (χ0) is 17.6. The third kappa shape index (κ3) is 4.85. The van der Waals surface area contributed by atoms with Gasteiger partial charge in [-0.05, 0) is 24.3 Å². The minimum atomic E-state index is -3.79. The van der Waals surface area contributed by atoms with Crippen LogP contribution >= 0.6 is 11.6 Å². The molecule has 0 heterocycles. The van der Waals surface area contributed by atoms with Crippen LogP contribution in [0.5, 0.6) is 0 Å². The second kappa shape index (κ2) is 8.00. The summed E-state index contributed by atoms with van der Waals surface area (Å²) in [4.78, 5) is 11.6. The van der Waals surface area contributed by atoms with Crippen molar-refractivity contribution in [2.75, 3.05) is 6.54 Å². The maximum atomic E-state index is 13.5. The molecule has 2 N–H and O–H groups in total. The van der Waals surface area contributed by atoms with Crippen LogP contribution in [0.4, 0.5) is 4.39 Å². The van der Waals surface area contributed by atoms with Crippen LogP contribution in [-0.2, 0) is 14.8 Å². The molecule has 0 aliphatic carbocycles. The molecule has 0 aliphatic heterocycles. The molecular weight excluding hydrogens is 357 g/mol. The van der Waals surface area contributed by atoms with Crippen LogP contribution in [0, 0.1) is 5.82 Å². The second-order valence-corrected chi connectivity index (χ2v) is 6.74. The number of amides is 1. The Bertz CT molecular complexity index is 837. The van der Waals surface area contributed by atoms with Gasteiger partial charge in [0.2, 0.25) is 10.0 Å². The van der Waals surface area contributed by atoms with E-state index in [1.165, 1.54) is 30.3 Å². The van der Waals surface area contributed by atoms with Crippen LogP contribution in [-0.4, -0.2) is 27.1 Å². The quantitative estimate of drug-likeness (QED) is 0.602. The van der Waals surface area contributed by atoms with Gasteiger partial charge < -0.3 is 0 Å². The Labute approximate surface area is 143 Å². The number of halogens is 2. The first-order valence-corrected chi connectivity index (χ1v) is 8.57. The summed E-state index contributed by atoms with van der Waals surface area (Å²) in [5.74, 6) is -1.30. The molecule has 2 aromatic rings. The van der Waals surface area contributed by atoms with Gasteiger partial charge in [-0.15, -0.1) is 0 Å². The summed E-state index contributed by atoms with van der Waals surface area (Å²) in [5.41, 5.74) is 2.11. The highest BCUT2D eigenvalue weighted by Crippen LogP contribution is 2.16. The first-order chi connectivity index (χ1) is 11.4. The lowest BCUT2D eigenvalue weighted by molar-refractivity contribution is -0.119. The van der Waals surface area contributed by atoms with Gasteiger partial charge in [-0.25, -0.2) is 23.0 Å². The fraction of sp³-hybridized carbons (Fsp3) is 0.0667. The van der Waals surface area contributed by atoms with E-state index in [2.05, 4.69) is 15.2 Å². The minimum Gasteiger partial charge on any atom is -0.272 e. The fourth-order valence-corrected chi connectivity index (χ4v) is 2.90. The van der Waals surface area contributed by atoms with E-state index in [1.54, 1.807) is 18.2 Å². The summed E-state index contributed by atoms with van der Waals surface area (Å²) in [6.45, 7) is -0.514. The minimum absolute atomic E-state index is 0.0179. The Morgan fingerprint density at radius 1 is 1.17 bits per heavy atom. The van der Waals surface area contributed by atoms with E-state index in [-0.39, 0.29) is 15.5 Å². The number of rotatable bonds is 6. The normalized spacial score (nSPS) is 11.6. The Balaban J connectivity index is 1.91. The van der Waals surface area contributed by atoms with Gasteiger partial charge in [0, 0.05) is 5.56 Å². The molecule has 0 spiro atoms. The number of carbonyl (C=O) groups excluding carboxylic acids is 1. The highest BCUT2D eigenvalue weighted by molar-refractivity contribution is 7.89. The van der Waals surface area contributed by atoms with Crippen LogP contribution < -0.4 is 10.1 Å². The maximum Gasteiger partial charge on any atom is 0.255 e. The molecule has 6 nitrogen and oxygen atoms in total. The number of hydrogen-bond acceptors (Lipinski definition) is 4. The summed E-state index contributed by atoms with van der Waals surface area (Å²) < 4.78 is 39.5. The van der Waals surface area contributed by atoms with E-state index in [0.29, 0.717) is 0 Å². The molecule has 0 saturated heterocycles. The van der Waals surface area contributed by atoms with Gasteiger partial charge in [0.1, 0.15) is 5.82 Å². The summed E-state index contributed by atoms with van der Waals surface area (Å²) in [7, 11) is -3.79. The van der Waals surface area contributed by atoms with Crippen molar-refractivity contribution < 1.29 is 17.6 Å². The third-order valence-corrected chi connectivity index (χ3v) is 4.61. The first kappa shape index (κ1) is 18.1. The van der Waals surface area contributed by atoms with Gasteiger partial charge in [-0.3, -0.25) is 4.79 Å². The Kier molecular flexibility index (Phi) is 6.02. The zero-order valence-electron chi connectivity index (χ0n) is 12.2. The predicted molar refractivity (Wildman–Crippen MR) is 88.8 cm³/mol. The molecule has 1 amide bonds. The lowest BCUT2D eigenvalue weighted by Gasteiger charge is -2.05. The standard InChI is InChI=1S/C15H13ClFN3O3S/c16-13-7-4-8-14(17)12(13)9-18-20-15(21)10-19-24(22,23)11-5-2-1-3-6-11/h1-9,19H,10H2,(H,20,21). The highest BCUT2D eigenvalue weighted by atomic mass is 35.5. The van der Waals surface area contributed by atoms with E-state index in [1.807, 2.05) is 0 Å². The molecule has 0 radical (unpaired) electrons. The average molecular weight is 370 g/mol. The molecule has 126 valence electrons. The summed E-state index contributed by atoms with van der Waals surface area (Å²) in [6.07, 6.45) is 1.04. The zero-order valence-corrected chi connectivity index (χ0v) is 13.8. The third-order valence-electron chi connectivity index (χ3n) is 2.86. The highest BCUT2D eigenvalue weighted by Gasteiger charge is 2.14. The lowest BCUT2D eigenvalue weighted by atomic mass is 10.2. The number of hydrazone groups is 1. The van der Waals surface area contributed by atoms with E-state index >= 15 is 0 Å². The molecule has 0 unspecified atom stereocenters. The molecule has 0 aromatic heterocycles. The topological polar surface area (TPSA) is 87.6 Å². The largest absolute Gasteiger partial charge is 0.272 e. The molecule has 2 rings (SSSR count). The van der Waals surface area contributed by atoms with Crippen molar-refractivity contribution in [3.8, 4) is 0 Å². The summed E-state index contributed by atoms with van der Waals surface area (Å²) in [6, 6.07) is 11.7. The van der Waals surface area contributed by atoms with Crippen molar-refractivity contribution in [2.45, 2.75) is 4.90 Å². The van der Waals surface area contributed by atoms with Crippen LogP contribution in [0.2, 0.25) is 5.02 Å². The average Bonchev–Trinajstić information content (AvgIpc) is 2.56. The maximum absolute atomic E-state index is 13.5. The van der Waals surface area contributed by atoms with Crippen LogP contribution in [0.1, 0.15) is 5.56 Å². The molecule has 9 heteroatoms. The number of nitrogens with zero attached hydrogens (tertiary/aromatic N) is 1. The summed E-state index contributed by atoms with van der Waals surface area (Å²) in [5, 5.41) is 3.69. The van der Waals surface area contributed by atoms with E-state index in [9.17, 15) is 17.6 Å². The smallest absolute Gasteiger partial charge is 0.255 e. The fourth-order valence-electron chi connectivity index (χ4n) is 1.69. The number of nitrogens with one attached hydrogen (secondary N) is 2. The van der Waals surface area contributed by atoms with Gasteiger partial charge in [0.05, 0.1) is 22.7 Å². The molecule has 0 aliphatic rings. The van der Waals surface area contributed by atoms with Gasteiger partial charge in [-0.1, -0.05) is 35.9 Å². The van der Waals surface area contributed by atoms with Crippen LogP contribution in [0.15, 0.2) is 58.5 Å². The Hall–Kier alpha value is -2.29. The molecule has 0 fully saturated rings. The molecule has 2 aromatic carbocycles. The summed E-state index contributed by atoms with van der Waals surface area (Å²) >= 11 is 5.80. The molecule has 0 atom stereocenters. The van der Waals surface area contributed by atoms with E-state index < -0.39 is 28.3 Å². The first-order valence-electron chi connectivity index (χ1n) is 6.71. The van der Waals surface area contributed by atoms with Gasteiger partial charge in [-0.2, -0.15) is 5.10 Å². The molecular formula is C15H13ClFN3O3S. The van der Waals surface area contributed by atoms with Gasteiger partial charge in [0.15, 0.2) is 0 Å². The molecule has 0 bridgehead atoms.